The summed E-state index contributed by atoms with van der Waals surface area (Å²) in [6, 6.07) is 0. The van der Waals surface area contributed by atoms with Gasteiger partial charge in [-0.25, -0.2) is 0 Å². The van der Waals surface area contributed by atoms with Crippen molar-refractivity contribution in [2.45, 2.75) is 47.3 Å². The Morgan fingerprint density at radius 2 is 1.62 bits per heavy atom. The lowest BCUT2D eigenvalue weighted by molar-refractivity contribution is -0.0905. The van der Waals surface area contributed by atoms with E-state index in [0.29, 0.717) is 5.92 Å². The normalized spacial score (nSPS) is 35.3. The van der Waals surface area contributed by atoms with Crippen molar-refractivity contribution in [2.24, 2.45) is 11.8 Å². The molecule has 2 heterocycles. The molecule has 2 nitrogen and oxygen atoms in total. The van der Waals surface area contributed by atoms with E-state index in [1.807, 2.05) is 27.7 Å². The van der Waals surface area contributed by atoms with Crippen LogP contribution in [-0.2, 0) is 9.47 Å². The molecule has 0 bridgehead atoms. The maximum atomic E-state index is 5.37. The van der Waals surface area contributed by atoms with E-state index >= 15 is 0 Å². The van der Waals surface area contributed by atoms with Crippen LogP contribution in [0.1, 0.15) is 41.0 Å². The van der Waals surface area contributed by atoms with Crippen LogP contribution in [0.2, 0.25) is 0 Å². The summed E-state index contributed by atoms with van der Waals surface area (Å²) in [5, 5.41) is 0. The van der Waals surface area contributed by atoms with Gasteiger partial charge in [0.2, 0.25) is 0 Å². The Hall–Kier alpha value is -0.0800. The zero-order chi connectivity index (χ0) is 10.3. The third-order valence-electron chi connectivity index (χ3n) is 2.34. The monoisotopic (exact) mass is 188 g/mol. The Balaban J connectivity index is 0.000000322. The second-order valence-corrected chi connectivity index (χ2v) is 3.00. The van der Waals surface area contributed by atoms with Crippen LogP contribution in [0, 0.1) is 11.8 Å². The van der Waals surface area contributed by atoms with Gasteiger partial charge in [-0.15, -0.1) is 0 Å². The van der Waals surface area contributed by atoms with E-state index in [1.165, 1.54) is 6.42 Å². The average molecular weight is 188 g/mol. The van der Waals surface area contributed by atoms with E-state index in [0.717, 1.165) is 19.1 Å². The van der Waals surface area contributed by atoms with Gasteiger partial charge in [0.25, 0.3) is 0 Å². The van der Waals surface area contributed by atoms with Gasteiger partial charge in [-0.05, 0) is 12.3 Å². The Labute approximate surface area is 82.6 Å². The number of fused-ring (bicyclic) bond motifs is 1. The third kappa shape index (κ3) is 3.28. The first kappa shape index (κ1) is 12.9. The van der Waals surface area contributed by atoms with E-state index in [2.05, 4.69) is 6.92 Å². The van der Waals surface area contributed by atoms with E-state index in [9.17, 15) is 0 Å². The number of ether oxygens (including phenoxy) is 2. The second-order valence-electron chi connectivity index (χ2n) is 3.00. The van der Waals surface area contributed by atoms with Crippen molar-refractivity contribution in [3.8, 4) is 0 Å². The molecule has 2 saturated heterocycles. The molecule has 0 radical (unpaired) electrons. The van der Waals surface area contributed by atoms with Crippen LogP contribution in [0.3, 0.4) is 0 Å². The number of hydrogen-bond donors (Lipinski definition) is 0. The van der Waals surface area contributed by atoms with Gasteiger partial charge < -0.3 is 9.47 Å². The van der Waals surface area contributed by atoms with Crippen molar-refractivity contribution in [1.82, 2.24) is 0 Å². The van der Waals surface area contributed by atoms with Crippen LogP contribution in [0.15, 0.2) is 0 Å². The van der Waals surface area contributed by atoms with Crippen LogP contribution in [0.4, 0.5) is 0 Å². The van der Waals surface area contributed by atoms with Crippen LogP contribution < -0.4 is 0 Å². The van der Waals surface area contributed by atoms with Gasteiger partial charge >= 0.3 is 0 Å². The molecule has 80 valence electrons. The van der Waals surface area contributed by atoms with Gasteiger partial charge in [-0.1, -0.05) is 34.6 Å². The SMILES string of the molecule is CC.CC.CC1CO[C@H]2OCC[C@H]12. The topological polar surface area (TPSA) is 18.5 Å². The van der Waals surface area contributed by atoms with Crippen LogP contribution >= 0.6 is 0 Å². The molecular formula is C11H24O2. The van der Waals surface area contributed by atoms with E-state index in [1.54, 1.807) is 0 Å². The molecule has 2 heteroatoms. The fourth-order valence-corrected chi connectivity index (χ4v) is 1.67. The standard InChI is InChI=1S/C7H12O2.2C2H6/c1-5-4-9-7-6(5)2-3-8-7;2*1-2/h5-7H,2-4H2,1H3;2*1-2H3/t5?,6-,7-;;/m1../s1. The Morgan fingerprint density at radius 3 is 2.15 bits per heavy atom. The summed E-state index contributed by atoms with van der Waals surface area (Å²) in [6.07, 6.45) is 1.35. The summed E-state index contributed by atoms with van der Waals surface area (Å²) < 4.78 is 10.7. The maximum Gasteiger partial charge on any atom is 0.160 e. The molecule has 0 aromatic rings. The van der Waals surface area contributed by atoms with Gasteiger partial charge in [-0.2, -0.15) is 0 Å². The van der Waals surface area contributed by atoms with E-state index < -0.39 is 0 Å². The molecule has 2 aliphatic rings. The lowest BCUT2D eigenvalue weighted by Crippen LogP contribution is -2.12. The molecule has 0 saturated carbocycles. The Kier molecular flexibility index (Phi) is 7.29. The fourth-order valence-electron chi connectivity index (χ4n) is 1.67. The minimum atomic E-state index is 0.153. The first-order valence-corrected chi connectivity index (χ1v) is 5.61. The summed E-state index contributed by atoms with van der Waals surface area (Å²) in [5.41, 5.74) is 0. The largest absolute Gasteiger partial charge is 0.352 e. The Bertz CT molecular complexity index is 115. The van der Waals surface area contributed by atoms with E-state index in [-0.39, 0.29) is 6.29 Å². The Morgan fingerprint density at radius 1 is 1.00 bits per heavy atom. The quantitative estimate of drug-likeness (QED) is 0.581. The summed E-state index contributed by atoms with van der Waals surface area (Å²) in [6.45, 7) is 12.0. The van der Waals surface area contributed by atoms with Gasteiger partial charge in [0.05, 0.1) is 13.2 Å². The maximum absolute atomic E-state index is 5.37. The third-order valence-corrected chi connectivity index (χ3v) is 2.34. The summed E-state index contributed by atoms with van der Waals surface area (Å²) in [5.74, 6) is 1.42. The molecule has 0 aromatic carbocycles. The first-order chi connectivity index (χ1) is 6.38. The van der Waals surface area contributed by atoms with Crippen molar-refractivity contribution in [3.63, 3.8) is 0 Å². The molecule has 3 atom stereocenters. The number of hydrogen-bond acceptors (Lipinski definition) is 2. The molecule has 0 spiro atoms. The molecular weight excluding hydrogens is 164 g/mol. The van der Waals surface area contributed by atoms with Crippen molar-refractivity contribution in [2.75, 3.05) is 13.2 Å². The highest BCUT2D eigenvalue weighted by atomic mass is 16.7. The minimum absolute atomic E-state index is 0.153. The average Bonchev–Trinajstić information content (AvgIpc) is 2.78. The summed E-state index contributed by atoms with van der Waals surface area (Å²) in [7, 11) is 0. The molecule has 0 N–H and O–H groups in total. The molecule has 2 rings (SSSR count). The van der Waals surface area contributed by atoms with Gasteiger partial charge in [0.1, 0.15) is 0 Å². The number of rotatable bonds is 0. The van der Waals surface area contributed by atoms with Crippen molar-refractivity contribution in [3.05, 3.63) is 0 Å². The molecule has 1 unspecified atom stereocenters. The van der Waals surface area contributed by atoms with E-state index in [4.69, 9.17) is 9.47 Å². The first-order valence-electron chi connectivity index (χ1n) is 5.61. The zero-order valence-electron chi connectivity index (χ0n) is 9.67. The summed E-state index contributed by atoms with van der Waals surface area (Å²) in [4.78, 5) is 0. The molecule has 0 aliphatic carbocycles. The highest BCUT2D eigenvalue weighted by Crippen LogP contribution is 2.34. The van der Waals surface area contributed by atoms with Crippen LogP contribution in [0.5, 0.6) is 0 Å². The second kappa shape index (κ2) is 7.34. The van der Waals surface area contributed by atoms with Crippen molar-refractivity contribution in [1.29, 1.82) is 0 Å². The zero-order valence-corrected chi connectivity index (χ0v) is 9.67. The molecule has 13 heavy (non-hydrogen) atoms. The lowest BCUT2D eigenvalue weighted by Gasteiger charge is -2.07. The molecule has 0 amide bonds. The predicted molar refractivity (Wildman–Crippen MR) is 55.7 cm³/mol. The molecule has 2 fully saturated rings. The van der Waals surface area contributed by atoms with Gasteiger partial charge in [0.15, 0.2) is 6.29 Å². The van der Waals surface area contributed by atoms with Gasteiger partial charge in [0, 0.05) is 5.92 Å². The summed E-state index contributed by atoms with van der Waals surface area (Å²) >= 11 is 0. The highest BCUT2D eigenvalue weighted by Gasteiger charge is 2.38. The fraction of sp³-hybridized carbons (Fsp3) is 1.00. The predicted octanol–water partition coefficient (Wildman–Crippen LogP) is 3.07. The van der Waals surface area contributed by atoms with Crippen LogP contribution in [-0.4, -0.2) is 19.5 Å². The highest BCUT2D eigenvalue weighted by molar-refractivity contribution is 4.79. The molecule has 0 aromatic heterocycles. The van der Waals surface area contributed by atoms with Crippen LogP contribution in [0.25, 0.3) is 0 Å². The minimum Gasteiger partial charge on any atom is -0.352 e. The molecule has 2 aliphatic heterocycles. The smallest absolute Gasteiger partial charge is 0.160 e. The van der Waals surface area contributed by atoms with Crippen molar-refractivity contribution < 1.29 is 9.47 Å². The lowest BCUT2D eigenvalue weighted by atomic mass is 9.96. The van der Waals surface area contributed by atoms with Gasteiger partial charge in [-0.3, -0.25) is 0 Å². The van der Waals surface area contributed by atoms with Crippen molar-refractivity contribution >= 4 is 0 Å².